The lowest BCUT2D eigenvalue weighted by Gasteiger charge is -2.13. The van der Waals surface area contributed by atoms with Gasteiger partial charge in [-0.1, -0.05) is 6.92 Å². The molecule has 7 heteroatoms. The summed E-state index contributed by atoms with van der Waals surface area (Å²) in [6.07, 6.45) is -3.85. The van der Waals surface area contributed by atoms with Gasteiger partial charge in [0, 0.05) is 5.46 Å². The van der Waals surface area contributed by atoms with E-state index in [0.29, 0.717) is 19.1 Å². The standard InChI is InChI=1S/C10H12BF3O3/c1-2-5-17-9-4-3-7(10(12,13)14)6-8(9)11(15)16/h3-4,6,15-16H,2,5H2,1H3. The molecule has 0 amide bonds. The maximum atomic E-state index is 12.4. The van der Waals surface area contributed by atoms with Gasteiger partial charge in [0.15, 0.2) is 0 Å². The summed E-state index contributed by atoms with van der Waals surface area (Å²) in [5.74, 6) is 0.0508. The Morgan fingerprint density at radius 1 is 1.29 bits per heavy atom. The second kappa shape index (κ2) is 5.42. The van der Waals surface area contributed by atoms with Crippen molar-refractivity contribution < 1.29 is 28.0 Å². The molecule has 0 saturated heterocycles. The van der Waals surface area contributed by atoms with Gasteiger partial charge in [-0.3, -0.25) is 0 Å². The molecule has 0 radical (unpaired) electrons. The molecule has 0 aliphatic carbocycles. The van der Waals surface area contributed by atoms with Crippen LogP contribution in [0.4, 0.5) is 13.2 Å². The van der Waals surface area contributed by atoms with E-state index in [2.05, 4.69) is 0 Å². The summed E-state index contributed by atoms with van der Waals surface area (Å²) < 4.78 is 42.4. The topological polar surface area (TPSA) is 49.7 Å². The molecule has 3 nitrogen and oxygen atoms in total. The average Bonchev–Trinajstić information content (AvgIpc) is 2.24. The van der Waals surface area contributed by atoms with Crippen molar-refractivity contribution in [3.05, 3.63) is 23.8 Å². The molecule has 0 unspecified atom stereocenters. The Morgan fingerprint density at radius 3 is 2.41 bits per heavy atom. The predicted octanol–water partition coefficient (Wildman–Crippen LogP) is 1.17. The largest absolute Gasteiger partial charge is 0.494 e. The van der Waals surface area contributed by atoms with E-state index in [4.69, 9.17) is 14.8 Å². The molecule has 0 heterocycles. The van der Waals surface area contributed by atoms with Crippen LogP contribution in [0, 0.1) is 0 Å². The fourth-order valence-electron chi connectivity index (χ4n) is 1.27. The smallest absolute Gasteiger partial charge is 0.492 e. The van der Waals surface area contributed by atoms with Gasteiger partial charge in [0.05, 0.1) is 12.2 Å². The van der Waals surface area contributed by atoms with Gasteiger partial charge in [-0.05, 0) is 24.6 Å². The summed E-state index contributed by atoms with van der Waals surface area (Å²) in [5, 5.41) is 18.0. The first-order valence-electron chi connectivity index (χ1n) is 5.06. The number of hydrogen-bond donors (Lipinski definition) is 2. The minimum atomic E-state index is -4.52. The number of rotatable bonds is 4. The Labute approximate surface area is 97.0 Å². The van der Waals surface area contributed by atoms with Crippen LogP contribution in [0.5, 0.6) is 5.75 Å². The molecule has 1 aromatic carbocycles. The molecule has 17 heavy (non-hydrogen) atoms. The molecule has 94 valence electrons. The Balaban J connectivity index is 3.08. The maximum absolute atomic E-state index is 12.4. The molecular formula is C10H12BF3O3. The van der Waals surface area contributed by atoms with Gasteiger partial charge in [-0.15, -0.1) is 0 Å². The lowest BCUT2D eigenvalue weighted by atomic mass is 9.78. The van der Waals surface area contributed by atoms with Crippen molar-refractivity contribution in [1.82, 2.24) is 0 Å². The van der Waals surface area contributed by atoms with Crippen LogP contribution in [0.25, 0.3) is 0 Å². The molecule has 0 spiro atoms. The van der Waals surface area contributed by atoms with Crippen LogP contribution < -0.4 is 10.2 Å². The summed E-state index contributed by atoms with van der Waals surface area (Å²) in [6, 6.07) is 2.61. The van der Waals surface area contributed by atoms with Gasteiger partial charge in [0.1, 0.15) is 5.75 Å². The molecular weight excluding hydrogens is 236 g/mol. The van der Waals surface area contributed by atoms with Crippen LogP contribution in [-0.2, 0) is 6.18 Å². The van der Waals surface area contributed by atoms with Crippen molar-refractivity contribution in [3.8, 4) is 5.75 Å². The van der Waals surface area contributed by atoms with Gasteiger partial charge in [0.25, 0.3) is 0 Å². The quantitative estimate of drug-likeness (QED) is 0.786. The van der Waals surface area contributed by atoms with E-state index in [9.17, 15) is 13.2 Å². The first kappa shape index (κ1) is 13.9. The molecule has 1 aromatic rings. The van der Waals surface area contributed by atoms with Crippen molar-refractivity contribution >= 4 is 12.6 Å². The normalized spacial score (nSPS) is 11.4. The zero-order valence-corrected chi connectivity index (χ0v) is 9.16. The van der Waals surface area contributed by atoms with Crippen molar-refractivity contribution in [2.75, 3.05) is 6.61 Å². The van der Waals surface area contributed by atoms with Crippen LogP contribution >= 0.6 is 0 Å². The van der Waals surface area contributed by atoms with Crippen molar-refractivity contribution in [2.45, 2.75) is 19.5 Å². The Kier molecular flexibility index (Phi) is 4.42. The summed E-state index contributed by atoms with van der Waals surface area (Å²) in [6.45, 7) is 2.13. The highest BCUT2D eigenvalue weighted by Gasteiger charge is 2.32. The van der Waals surface area contributed by atoms with Gasteiger partial charge in [-0.25, -0.2) is 0 Å². The van der Waals surface area contributed by atoms with Crippen LogP contribution in [0.2, 0.25) is 0 Å². The summed E-state index contributed by atoms with van der Waals surface area (Å²) in [7, 11) is -2.00. The van der Waals surface area contributed by atoms with Gasteiger partial charge in [0.2, 0.25) is 0 Å². The Morgan fingerprint density at radius 2 is 1.94 bits per heavy atom. The molecule has 0 saturated carbocycles. The SMILES string of the molecule is CCCOc1ccc(C(F)(F)F)cc1B(O)O. The van der Waals surface area contributed by atoms with Crippen molar-refractivity contribution in [3.63, 3.8) is 0 Å². The molecule has 1 rings (SSSR count). The fourth-order valence-corrected chi connectivity index (χ4v) is 1.27. The zero-order valence-electron chi connectivity index (χ0n) is 9.16. The van der Waals surface area contributed by atoms with Crippen LogP contribution in [-0.4, -0.2) is 23.8 Å². The lowest BCUT2D eigenvalue weighted by molar-refractivity contribution is -0.137. The zero-order chi connectivity index (χ0) is 13.1. The third-order valence-electron chi connectivity index (χ3n) is 2.08. The van der Waals surface area contributed by atoms with E-state index >= 15 is 0 Å². The fraction of sp³-hybridized carbons (Fsp3) is 0.400. The van der Waals surface area contributed by atoms with E-state index < -0.39 is 18.9 Å². The second-order valence-corrected chi connectivity index (χ2v) is 3.47. The molecule has 0 aliphatic rings. The third kappa shape index (κ3) is 3.64. The molecule has 0 bridgehead atoms. The molecule has 0 aromatic heterocycles. The monoisotopic (exact) mass is 248 g/mol. The Hall–Kier alpha value is -1.21. The molecule has 0 fully saturated rings. The summed E-state index contributed by atoms with van der Waals surface area (Å²) in [5.41, 5.74) is -1.22. The first-order valence-corrected chi connectivity index (χ1v) is 5.06. The minimum Gasteiger partial charge on any atom is -0.494 e. The highest BCUT2D eigenvalue weighted by Crippen LogP contribution is 2.29. The number of ether oxygens (including phenoxy) is 1. The number of alkyl halides is 3. The number of benzene rings is 1. The summed E-state index contributed by atoms with van der Waals surface area (Å²) in [4.78, 5) is 0. The van der Waals surface area contributed by atoms with Gasteiger partial charge in [-0.2, -0.15) is 13.2 Å². The molecule has 2 N–H and O–H groups in total. The van der Waals surface area contributed by atoms with Gasteiger partial charge >= 0.3 is 13.3 Å². The van der Waals surface area contributed by atoms with E-state index in [1.54, 1.807) is 0 Å². The van der Waals surface area contributed by atoms with E-state index in [-0.39, 0.29) is 11.2 Å². The van der Waals surface area contributed by atoms with Crippen molar-refractivity contribution in [1.29, 1.82) is 0 Å². The van der Waals surface area contributed by atoms with Crippen LogP contribution in [0.3, 0.4) is 0 Å². The van der Waals surface area contributed by atoms with E-state index in [1.165, 1.54) is 0 Å². The predicted molar refractivity (Wildman–Crippen MR) is 57.1 cm³/mol. The van der Waals surface area contributed by atoms with E-state index in [0.717, 1.165) is 12.1 Å². The van der Waals surface area contributed by atoms with Crippen molar-refractivity contribution in [2.24, 2.45) is 0 Å². The second-order valence-electron chi connectivity index (χ2n) is 3.47. The first-order chi connectivity index (χ1) is 7.86. The maximum Gasteiger partial charge on any atom is 0.492 e. The lowest BCUT2D eigenvalue weighted by Crippen LogP contribution is -2.32. The van der Waals surface area contributed by atoms with Gasteiger partial charge < -0.3 is 14.8 Å². The number of halogens is 3. The number of hydrogen-bond acceptors (Lipinski definition) is 3. The Bertz CT molecular complexity index is 380. The molecule has 0 aliphatic heterocycles. The van der Waals surface area contributed by atoms with E-state index in [1.807, 2.05) is 6.92 Å². The van der Waals surface area contributed by atoms with Crippen LogP contribution in [0.1, 0.15) is 18.9 Å². The highest BCUT2D eigenvalue weighted by atomic mass is 19.4. The third-order valence-corrected chi connectivity index (χ3v) is 2.08. The summed E-state index contributed by atoms with van der Waals surface area (Å²) >= 11 is 0. The molecule has 0 atom stereocenters. The van der Waals surface area contributed by atoms with Crippen LogP contribution in [0.15, 0.2) is 18.2 Å². The minimum absolute atomic E-state index is 0.0508. The average molecular weight is 248 g/mol. The highest BCUT2D eigenvalue weighted by molar-refractivity contribution is 6.59.